The molecule has 1 aliphatic heterocycles. The summed E-state index contributed by atoms with van der Waals surface area (Å²) in [6, 6.07) is 10.4. The highest BCUT2D eigenvalue weighted by Crippen LogP contribution is 2.16. The van der Waals surface area contributed by atoms with Crippen LogP contribution in [0.3, 0.4) is 0 Å². The van der Waals surface area contributed by atoms with E-state index in [1.54, 1.807) is 11.0 Å². The van der Waals surface area contributed by atoms with E-state index in [9.17, 15) is 9.18 Å². The molecular formula is C20H25FN4O2. The third-order valence-corrected chi connectivity index (χ3v) is 4.48. The first kappa shape index (κ1) is 20.8. The second-order valence-electron chi connectivity index (χ2n) is 6.63. The number of amides is 1. The van der Waals surface area contributed by atoms with Crippen molar-refractivity contribution < 1.29 is 13.9 Å². The summed E-state index contributed by atoms with van der Waals surface area (Å²) in [5.74, 6) is -0.435. The van der Waals surface area contributed by atoms with E-state index < -0.39 is 0 Å². The predicted octanol–water partition coefficient (Wildman–Crippen LogP) is 2.46. The molecule has 1 atom stereocenters. The lowest BCUT2D eigenvalue weighted by atomic mass is 10.1. The SMILES string of the molecule is N#CCCN(CCC#N)C(=O)CN(Cc1cccc(F)c1)CC1CCCO1. The highest BCUT2D eigenvalue weighted by Gasteiger charge is 2.23. The average molecular weight is 372 g/mol. The zero-order valence-corrected chi connectivity index (χ0v) is 15.4. The van der Waals surface area contributed by atoms with Crippen LogP contribution in [0.2, 0.25) is 0 Å². The minimum atomic E-state index is -0.305. The van der Waals surface area contributed by atoms with Crippen molar-refractivity contribution in [3.8, 4) is 12.1 Å². The van der Waals surface area contributed by atoms with Crippen LogP contribution in [-0.2, 0) is 16.1 Å². The third kappa shape index (κ3) is 7.34. The first-order chi connectivity index (χ1) is 13.1. The van der Waals surface area contributed by atoms with Crippen LogP contribution in [0.25, 0.3) is 0 Å². The topological polar surface area (TPSA) is 80.4 Å². The normalized spacial score (nSPS) is 16.1. The van der Waals surface area contributed by atoms with E-state index in [-0.39, 0.29) is 37.2 Å². The van der Waals surface area contributed by atoms with Crippen molar-refractivity contribution in [1.82, 2.24) is 9.80 Å². The molecule has 0 aromatic heterocycles. The first-order valence-electron chi connectivity index (χ1n) is 9.22. The lowest BCUT2D eigenvalue weighted by Crippen LogP contribution is -2.43. The molecule has 1 fully saturated rings. The Hall–Kier alpha value is -2.48. The van der Waals surface area contributed by atoms with E-state index >= 15 is 0 Å². The molecule has 1 heterocycles. The summed E-state index contributed by atoms with van der Waals surface area (Å²) >= 11 is 0. The van der Waals surface area contributed by atoms with Crippen molar-refractivity contribution in [3.63, 3.8) is 0 Å². The standard InChI is InChI=1S/C20H25FN4O2/c21-18-6-1-5-17(13-18)14-24(15-19-7-2-12-27-19)16-20(26)25(10-3-8-22)11-4-9-23/h1,5-6,13,19H,2-4,7,10-12,14-16H2. The zero-order valence-electron chi connectivity index (χ0n) is 15.4. The van der Waals surface area contributed by atoms with Gasteiger partial charge in [-0.15, -0.1) is 0 Å². The van der Waals surface area contributed by atoms with Gasteiger partial charge in [0.2, 0.25) is 5.91 Å². The molecule has 1 aliphatic rings. The number of carbonyl (C=O) groups excluding carboxylic acids is 1. The van der Waals surface area contributed by atoms with Gasteiger partial charge in [0.05, 0.1) is 37.6 Å². The fraction of sp³-hybridized carbons (Fsp3) is 0.550. The highest BCUT2D eigenvalue weighted by atomic mass is 19.1. The molecule has 1 aromatic carbocycles. The van der Waals surface area contributed by atoms with Crippen LogP contribution in [0, 0.1) is 28.5 Å². The Morgan fingerprint density at radius 2 is 2.00 bits per heavy atom. The average Bonchev–Trinajstić information content (AvgIpc) is 3.14. The monoisotopic (exact) mass is 372 g/mol. The molecule has 0 N–H and O–H groups in total. The van der Waals surface area contributed by atoms with Gasteiger partial charge in [0, 0.05) is 32.8 Å². The van der Waals surface area contributed by atoms with Crippen molar-refractivity contribution in [2.45, 2.75) is 38.3 Å². The summed E-state index contributed by atoms with van der Waals surface area (Å²) in [6.45, 7) is 2.52. The van der Waals surface area contributed by atoms with Gasteiger partial charge in [-0.2, -0.15) is 10.5 Å². The van der Waals surface area contributed by atoms with Gasteiger partial charge in [-0.1, -0.05) is 12.1 Å². The van der Waals surface area contributed by atoms with E-state index in [1.165, 1.54) is 12.1 Å². The van der Waals surface area contributed by atoms with E-state index in [4.69, 9.17) is 15.3 Å². The number of ether oxygens (including phenoxy) is 1. The molecular weight excluding hydrogens is 347 g/mol. The maximum absolute atomic E-state index is 13.5. The largest absolute Gasteiger partial charge is 0.377 e. The maximum Gasteiger partial charge on any atom is 0.236 e. The highest BCUT2D eigenvalue weighted by molar-refractivity contribution is 5.78. The molecule has 1 unspecified atom stereocenters. The van der Waals surface area contributed by atoms with E-state index in [0.29, 0.717) is 26.2 Å². The predicted molar refractivity (Wildman–Crippen MR) is 97.7 cm³/mol. The number of hydrogen-bond donors (Lipinski definition) is 0. The van der Waals surface area contributed by atoms with Crippen LogP contribution >= 0.6 is 0 Å². The van der Waals surface area contributed by atoms with Crippen LogP contribution in [0.5, 0.6) is 0 Å². The second kappa shape index (κ2) is 11.3. The molecule has 0 saturated carbocycles. The molecule has 6 nitrogen and oxygen atoms in total. The van der Waals surface area contributed by atoms with Crippen LogP contribution in [0.4, 0.5) is 4.39 Å². The fourth-order valence-electron chi connectivity index (χ4n) is 3.18. The lowest BCUT2D eigenvalue weighted by molar-refractivity contribution is -0.132. The van der Waals surface area contributed by atoms with E-state index in [2.05, 4.69) is 0 Å². The van der Waals surface area contributed by atoms with Gasteiger partial charge < -0.3 is 9.64 Å². The molecule has 0 spiro atoms. The van der Waals surface area contributed by atoms with Gasteiger partial charge in [-0.3, -0.25) is 9.69 Å². The fourth-order valence-corrected chi connectivity index (χ4v) is 3.18. The number of halogens is 1. The Kier molecular flexibility index (Phi) is 8.70. The van der Waals surface area contributed by atoms with Crippen LogP contribution in [0.1, 0.15) is 31.2 Å². The van der Waals surface area contributed by atoms with E-state index in [0.717, 1.165) is 25.0 Å². The van der Waals surface area contributed by atoms with Crippen molar-refractivity contribution in [2.75, 3.05) is 32.8 Å². The van der Waals surface area contributed by atoms with Gasteiger partial charge in [0.1, 0.15) is 5.82 Å². The second-order valence-corrected chi connectivity index (χ2v) is 6.63. The molecule has 0 radical (unpaired) electrons. The Bertz CT molecular complexity index is 674. The van der Waals surface area contributed by atoms with Gasteiger partial charge in [-0.05, 0) is 30.5 Å². The molecule has 7 heteroatoms. The van der Waals surface area contributed by atoms with Crippen molar-refractivity contribution in [1.29, 1.82) is 10.5 Å². The molecule has 1 saturated heterocycles. The number of nitriles is 2. The number of carbonyl (C=O) groups is 1. The third-order valence-electron chi connectivity index (χ3n) is 4.48. The molecule has 1 aromatic rings. The first-order valence-corrected chi connectivity index (χ1v) is 9.22. The molecule has 0 aliphatic carbocycles. The Morgan fingerprint density at radius 1 is 1.26 bits per heavy atom. The van der Waals surface area contributed by atoms with Gasteiger partial charge in [0.15, 0.2) is 0 Å². The minimum absolute atomic E-state index is 0.0676. The quantitative estimate of drug-likeness (QED) is 0.630. The molecule has 0 bridgehead atoms. The minimum Gasteiger partial charge on any atom is -0.377 e. The van der Waals surface area contributed by atoms with Gasteiger partial charge in [0.25, 0.3) is 0 Å². The number of nitrogens with zero attached hydrogens (tertiary/aromatic N) is 4. The van der Waals surface area contributed by atoms with Gasteiger partial charge in [-0.25, -0.2) is 4.39 Å². The molecule has 2 rings (SSSR count). The van der Waals surface area contributed by atoms with Crippen molar-refractivity contribution in [3.05, 3.63) is 35.6 Å². The smallest absolute Gasteiger partial charge is 0.236 e. The zero-order chi connectivity index (χ0) is 19.5. The molecule has 144 valence electrons. The van der Waals surface area contributed by atoms with Crippen LogP contribution in [0.15, 0.2) is 24.3 Å². The summed E-state index contributed by atoms with van der Waals surface area (Å²) in [5.41, 5.74) is 0.793. The van der Waals surface area contributed by atoms with Crippen LogP contribution in [-0.4, -0.2) is 54.6 Å². The number of rotatable bonds is 10. The van der Waals surface area contributed by atoms with Crippen LogP contribution < -0.4 is 0 Å². The number of benzene rings is 1. The summed E-state index contributed by atoms with van der Waals surface area (Å²) in [4.78, 5) is 16.3. The summed E-state index contributed by atoms with van der Waals surface area (Å²) < 4.78 is 19.2. The molecule has 27 heavy (non-hydrogen) atoms. The molecule has 1 amide bonds. The summed E-state index contributed by atoms with van der Waals surface area (Å²) in [5, 5.41) is 17.6. The Morgan fingerprint density at radius 3 is 2.59 bits per heavy atom. The van der Waals surface area contributed by atoms with Gasteiger partial charge >= 0.3 is 0 Å². The maximum atomic E-state index is 13.5. The Balaban J connectivity index is 2.04. The van der Waals surface area contributed by atoms with E-state index in [1.807, 2.05) is 23.1 Å². The Labute approximate surface area is 159 Å². The van der Waals surface area contributed by atoms with Crippen molar-refractivity contribution >= 4 is 5.91 Å². The summed E-state index contributed by atoms with van der Waals surface area (Å²) in [7, 11) is 0. The van der Waals surface area contributed by atoms with Crippen molar-refractivity contribution in [2.24, 2.45) is 0 Å². The number of hydrogen-bond acceptors (Lipinski definition) is 5. The summed E-state index contributed by atoms with van der Waals surface area (Å²) in [6.07, 6.45) is 2.47. The lowest BCUT2D eigenvalue weighted by Gasteiger charge is -2.28.